The molecular formula is C21H23NO4S. The van der Waals surface area contributed by atoms with E-state index in [9.17, 15) is 4.79 Å². The van der Waals surface area contributed by atoms with Gasteiger partial charge in [-0.25, -0.2) is 4.79 Å². The fourth-order valence-electron chi connectivity index (χ4n) is 3.69. The molecule has 0 radical (unpaired) electrons. The Morgan fingerprint density at radius 2 is 1.89 bits per heavy atom. The highest BCUT2D eigenvalue weighted by Crippen LogP contribution is 2.39. The van der Waals surface area contributed by atoms with Crippen LogP contribution < -0.4 is 4.90 Å². The first-order chi connectivity index (χ1) is 13.1. The molecule has 2 aliphatic heterocycles. The van der Waals surface area contributed by atoms with Crippen LogP contribution in [0.3, 0.4) is 0 Å². The van der Waals surface area contributed by atoms with Gasteiger partial charge in [-0.1, -0.05) is 23.9 Å². The molecular weight excluding hydrogens is 362 g/mol. The molecule has 0 N–H and O–H groups in total. The van der Waals surface area contributed by atoms with E-state index >= 15 is 0 Å². The van der Waals surface area contributed by atoms with Gasteiger partial charge in [-0.05, 0) is 35.9 Å². The summed E-state index contributed by atoms with van der Waals surface area (Å²) in [5.41, 5.74) is 2.87. The van der Waals surface area contributed by atoms with E-state index in [1.807, 2.05) is 12.1 Å². The average molecular weight is 385 g/mol. The van der Waals surface area contributed by atoms with Crippen LogP contribution in [0.1, 0.15) is 24.0 Å². The average Bonchev–Trinajstić information content (AvgIpc) is 2.71. The van der Waals surface area contributed by atoms with Crippen molar-refractivity contribution in [1.29, 1.82) is 0 Å². The molecule has 1 fully saturated rings. The number of methoxy groups -OCH3 is 1. The summed E-state index contributed by atoms with van der Waals surface area (Å²) in [6, 6.07) is 14.7. The van der Waals surface area contributed by atoms with Gasteiger partial charge >= 0.3 is 6.09 Å². The number of hydrogen-bond donors (Lipinski definition) is 0. The van der Waals surface area contributed by atoms with Gasteiger partial charge in [0.15, 0.2) is 0 Å². The Balaban J connectivity index is 1.58. The quantitative estimate of drug-likeness (QED) is 0.771. The van der Waals surface area contributed by atoms with Crippen molar-refractivity contribution in [2.75, 3.05) is 32.3 Å². The molecule has 2 aliphatic rings. The van der Waals surface area contributed by atoms with Crippen LogP contribution in [0, 0.1) is 0 Å². The fourth-order valence-corrected chi connectivity index (χ4v) is 4.64. The number of nitrogens with zero attached hydrogens (tertiary/aromatic N) is 1. The normalized spacial score (nSPS) is 18.7. The molecule has 1 saturated heterocycles. The number of carbonyl (C=O) groups is 1. The van der Waals surface area contributed by atoms with Crippen LogP contribution in [0.2, 0.25) is 0 Å². The molecule has 0 aromatic heterocycles. The summed E-state index contributed by atoms with van der Waals surface area (Å²) >= 11 is 1.70. The van der Waals surface area contributed by atoms with E-state index in [1.54, 1.807) is 30.8 Å². The Labute approximate surface area is 163 Å². The number of fused-ring (bicyclic) bond motifs is 1. The molecule has 6 heteroatoms. The third-order valence-corrected chi connectivity index (χ3v) is 6.30. The number of ether oxygens (including phenoxy) is 3. The van der Waals surface area contributed by atoms with Crippen LogP contribution in [0.15, 0.2) is 52.3 Å². The van der Waals surface area contributed by atoms with Crippen molar-refractivity contribution in [3.8, 4) is 0 Å². The zero-order valence-electron chi connectivity index (χ0n) is 15.6. The minimum absolute atomic E-state index is 0.262. The van der Waals surface area contributed by atoms with Crippen LogP contribution in [-0.4, -0.2) is 33.5 Å². The van der Waals surface area contributed by atoms with E-state index in [4.69, 9.17) is 14.2 Å². The number of amides is 1. The SMILES string of the molecule is COC1(c2cccc(Sc3ccc4c(c3)COC(=O)N4C)c2)CCOCC1. The van der Waals surface area contributed by atoms with Crippen molar-refractivity contribution in [3.05, 3.63) is 53.6 Å². The van der Waals surface area contributed by atoms with Crippen LogP contribution in [-0.2, 0) is 26.4 Å². The molecule has 2 heterocycles. The van der Waals surface area contributed by atoms with Gasteiger partial charge in [-0.2, -0.15) is 0 Å². The smallest absolute Gasteiger partial charge is 0.414 e. The summed E-state index contributed by atoms with van der Waals surface area (Å²) in [5, 5.41) is 0. The molecule has 2 aromatic carbocycles. The topological polar surface area (TPSA) is 48.0 Å². The number of rotatable bonds is 4. The molecule has 2 aromatic rings. The van der Waals surface area contributed by atoms with Gasteiger partial charge in [-0.3, -0.25) is 4.90 Å². The Morgan fingerprint density at radius 3 is 2.67 bits per heavy atom. The first-order valence-electron chi connectivity index (χ1n) is 9.06. The molecule has 4 rings (SSSR count). The van der Waals surface area contributed by atoms with Gasteiger partial charge in [0.05, 0.1) is 11.3 Å². The van der Waals surface area contributed by atoms with Crippen LogP contribution in [0.5, 0.6) is 0 Å². The summed E-state index contributed by atoms with van der Waals surface area (Å²) in [4.78, 5) is 15.5. The molecule has 0 unspecified atom stereocenters. The lowest BCUT2D eigenvalue weighted by molar-refractivity contribution is -0.0948. The number of carbonyl (C=O) groups excluding carboxylic acids is 1. The highest BCUT2D eigenvalue weighted by Gasteiger charge is 2.34. The second-order valence-corrected chi connectivity index (χ2v) is 7.99. The molecule has 0 aliphatic carbocycles. The first kappa shape index (κ1) is 18.3. The van der Waals surface area contributed by atoms with E-state index < -0.39 is 0 Å². The minimum Gasteiger partial charge on any atom is -0.444 e. The Morgan fingerprint density at radius 1 is 1.11 bits per heavy atom. The highest BCUT2D eigenvalue weighted by molar-refractivity contribution is 7.99. The number of hydrogen-bond acceptors (Lipinski definition) is 5. The zero-order valence-corrected chi connectivity index (χ0v) is 16.4. The van der Waals surface area contributed by atoms with Crippen molar-refractivity contribution in [3.63, 3.8) is 0 Å². The maximum atomic E-state index is 11.7. The van der Waals surface area contributed by atoms with Gasteiger partial charge < -0.3 is 14.2 Å². The summed E-state index contributed by atoms with van der Waals surface area (Å²) < 4.78 is 16.6. The van der Waals surface area contributed by atoms with Crippen molar-refractivity contribution in [2.45, 2.75) is 34.8 Å². The molecule has 1 amide bonds. The van der Waals surface area contributed by atoms with Crippen LogP contribution in [0.4, 0.5) is 10.5 Å². The van der Waals surface area contributed by atoms with E-state index in [-0.39, 0.29) is 11.7 Å². The molecule has 0 bridgehead atoms. The summed E-state index contributed by atoms with van der Waals surface area (Å²) in [6.45, 7) is 1.77. The molecule has 0 spiro atoms. The zero-order chi connectivity index (χ0) is 18.9. The van der Waals surface area contributed by atoms with Gasteiger partial charge in [-0.15, -0.1) is 0 Å². The summed E-state index contributed by atoms with van der Waals surface area (Å²) in [5.74, 6) is 0. The summed E-state index contributed by atoms with van der Waals surface area (Å²) in [7, 11) is 3.51. The largest absolute Gasteiger partial charge is 0.444 e. The van der Waals surface area contributed by atoms with Crippen LogP contribution >= 0.6 is 11.8 Å². The highest BCUT2D eigenvalue weighted by atomic mass is 32.2. The second kappa shape index (κ2) is 7.54. The monoisotopic (exact) mass is 385 g/mol. The van der Waals surface area contributed by atoms with Crippen molar-refractivity contribution >= 4 is 23.5 Å². The van der Waals surface area contributed by atoms with E-state index in [0.29, 0.717) is 6.61 Å². The van der Waals surface area contributed by atoms with Gasteiger partial charge in [0, 0.05) is 55.6 Å². The first-order valence-corrected chi connectivity index (χ1v) is 9.88. The molecule has 0 atom stereocenters. The lowest BCUT2D eigenvalue weighted by atomic mass is 9.86. The lowest BCUT2D eigenvalue weighted by Gasteiger charge is -2.36. The molecule has 0 saturated carbocycles. The Kier molecular flexibility index (Phi) is 5.12. The maximum absolute atomic E-state index is 11.7. The molecule has 142 valence electrons. The van der Waals surface area contributed by atoms with Crippen molar-refractivity contribution in [2.24, 2.45) is 0 Å². The standard InChI is InChI=1S/C21H23NO4S/c1-22-19-7-6-18(12-15(19)14-26-20(22)23)27-17-5-3-4-16(13-17)21(24-2)8-10-25-11-9-21/h3-7,12-13H,8-11,14H2,1-2H3. The third-order valence-electron chi connectivity index (χ3n) is 5.32. The minimum atomic E-state index is -0.308. The maximum Gasteiger partial charge on any atom is 0.414 e. The fraction of sp³-hybridized carbons (Fsp3) is 0.381. The van der Waals surface area contributed by atoms with Crippen LogP contribution in [0.25, 0.3) is 0 Å². The predicted molar refractivity (Wildman–Crippen MR) is 104 cm³/mol. The number of cyclic esters (lactones) is 1. The Hall–Kier alpha value is -2.02. The predicted octanol–water partition coefficient (Wildman–Crippen LogP) is 4.58. The lowest BCUT2D eigenvalue weighted by Crippen LogP contribution is -2.35. The number of benzene rings is 2. The van der Waals surface area contributed by atoms with Gasteiger partial charge in [0.2, 0.25) is 0 Å². The number of anilines is 1. The van der Waals surface area contributed by atoms with Crippen molar-refractivity contribution in [1.82, 2.24) is 0 Å². The van der Waals surface area contributed by atoms with Crippen molar-refractivity contribution < 1.29 is 19.0 Å². The molecule has 27 heavy (non-hydrogen) atoms. The van der Waals surface area contributed by atoms with E-state index in [2.05, 4.69) is 30.3 Å². The molecule has 5 nitrogen and oxygen atoms in total. The van der Waals surface area contributed by atoms with Gasteiger partial charge in [0.1, 0.15) is 6.61 Å². The second-order valence-electron chi connectivity index (χ2n) is 6.84. The van der Waals surface area contributed by atoms with Gasteiger partial charge in [0.25, 0.3) is 0 Å². The summed E-state index contributed by atoms with van der Waals surface area (Å²) in [6.07, 6.45) is 1.43. The van der Waals surface area contributed by atoms with E-state index in [1.165, 1.54) is 5.56 Å². The Bertz CT molecular complexity index is 848. The third kappa shape index (κ3) is 3.57. The van der Waals surface area contributed by atoms with E-state index in [0.717, 1.165) is 47.1 Å².